The van der Waals surface area contributed by atoms with Crippen LogP contribution in [0, 0.1) is 0 Å². The molecule has 0 amide bonds. The summed E-state index contributed by atoms with van der Waals surface area (Å²) in [7, 11) is 0. The summed E-state index contributed by atoms with van der Waals surface area (Å²) in [4.78, 5) is 0. The molecule has 1 heterocycles. The van der Waals surface area contributed by atoms with Gasteiger partial charge in [-0.25, -0.2) is 0 Å². The van der Waals surface area contributed by atoms with E-state index in [1.165, 1.54) is 0 Å². The smallest absolute Gasteiger partial charge is 0.130 e. The van der Waals surface area contributed by atoms with Gasteiger partial charge >= 0.3 is 0 Å². The summed E-state index contributed by atoms with van der Waals surface area (Å²) < 4.78 is 7.90. The quantitative estimate of drug-likeness (QED) is 0.848. The van der Waals surface area contributed by atoms with Crippen molar-refractivity contribution in [2.45, 2.75) is 52.9 Å². The average molecular weight is 288 g/mol. The minimum Gasteiger partial charge on any atom is -0.487 e. The van der Waals surface area contributed by atoms with Crippen LogP contribution in [0.4, 0.5) is 0 Å². The number of nitrogens with zero attached hydrogens (tertiary/aromatic N) is 2. The Balaban J connectivity index is 2.15. The molecular formula is C17H24N2O2. The van der Waals surface area contributed by atoms with Crippen molar-refractivity contribution in [1.29, 1.82) is 0 Å². The number of hydrogen-bond donors (Lipinski definition) is 1. The predicted molar refractivity (Wildman–Crippen MR) is 83.3 cm³/mol. The number of ether oxygens (including phenoxy) is 1. The van der Waals surface area contributed by atoms with Gasteiger partial charge in [-0.15, -0.1) is 0 Å². The summed E-state index contributed by atoms with van der Waals surface area (Å²) in [5.41, 5.74) is 2.99. The molecule has 21 heavy (non-hydrogen) atoms. The van der Waals surface area contributed by atoms with Gasteiger partial charge in [-0.2, -0.15) is 5.10 Å². The number of aliphatic hydroxyl groups is 1. The zero-order chi connectivity index (χ0) is 15.2. The highest BCUT2D eigenvalue weighted by molar-refractivity contribution is 5.35. The van der Waals surface area contributed by atoms with E-state index in [4.69, 9.17) is 4.74 Å². The molecule has 4 heteroatoms. The molecule has 0 aliphatic carbocycles. The Morgan fingerprint density at radius 2 is 2.00 bits per heavy atom. The normalized spacial score (nSPS) is 12.4. The Kier molecular flexibility index (Phi) is 5.39. The number of aryl methyl sites for hydroxylation is 2. The van der Waals surface area contributed by atoms with E-state index in [1.54, 1.807) is 0 Å². The monoisotopic (exact) mass is 288 g/mol. The Morgan fingerprint density at radius 1 is 1.24 bits per heavy atom. The molecule has 2 rings (SSSR count). The van der Waals surface area contributed by atoms with Crippen LogP contribution in [0.25, 0.3) is 0 Å². The molecule has 0 spiro atoms. The van der Waals surface area contributed by atoms with Crippen LogP contribution in [0.3, 0.4) is 0 Å². The second-order valence-corrected chi connectivity index (χ2v) is 5.05. The van der Waals surface area contributed by atoms with Gasteiger partial charge in [0.1, 0.15) is 12.4 Å². The molecule has 4 nitrogen and oxygen atoms in total. The first-order chi connectivity index (χ1) is 10.2. The molecule has 0 bridgehead atoms. The van der Waals surface area contributed by atoms with Gasteiger partial charge in [0.2, 0.25) is 0 Å². The lowest BCUT2D eigenvalue weighted by atomic mass is 10.1. The highest BCUT2D eigenvalue weighted by atomic mass is 16.5. The van der Waals surface area contributed by atoms with E-state index in [9.17, 15) is 5.11 Å². The van der Waals surface area contributed by atoms with Crippen LogP contribution in [0.5, 0.6) is 5.75 Å². The van der Waals surface area contributed by atoms with Crippen molar-refractivity contribution in [3.63, 3.8) is 0 Å². The molecule has 0 aliphatic heterocycles. The van der Waals surface area contributed by atoms with Crippen LogP contribution >= 0.6 is 0 Å². The maximum atomic E-state index is 10.1. The maximum absolute atomic E-state index is 10.1. The highest BCUT2D eigenvalue weighted by Gasteiger charge is 2.12. The van der Waals surface area contributed by atoms with E-state index in [0.717, 1.165) is 35.7 Å². The van der Waals surface area contributed by atoms with Crippen molar-refractivity contribution in [2.75, 3.05) is 0 Å². The molecule has 0 radical (unpaired) electrons. The lowest BCUT2D eigenvalue weighted by molar-refractivity contribution is 0.166. The molecule has 0 unspecified atom stereocenters. The SMILES string of the molecule is CCc1cc(COc2ccccc2[C@@H](O)CC)n(CC)n1. The van der Waals surface area contributed by atoms with Gasteiger partial charge in [0.25, 0.3) is 0 Å². The van der Waals surface area contributed by atoms with Crippen LogP contribution in [0.15, 0.2) is 30.3 Å². The van der Waals surface area contributed by atoms with E-state index in [2.05, 4.69) is 25.0 Å². The molecule has 1 aromatic heterocycles. The number of aromatic nitrogens is 2. The first kappa shape index (κ1) is 15.6. The summed E-state index contributed by atoms with van der Waals surface area (Å²) in [6.45, 7) is 7.43. The molecular weight excluding hydrogens is 264 g/mol. The maximum Gasteiger partial charge on any atom is 0.130 e. The second kappa shape index (κ2) is 7.27. The van der Waals surface area contributed by atoms with Gasteiger partial charge in [0.05, 0.1) is 17.5 Å². The minimum absolute atomic E-state index is 0.467. The number of hydrogen-bond acceptors (Lipinski definition) is 3. The third-order valence-corrected chi connectivity index (χ3v) is 3.62. The van der Waals surface area contributed by atoms with Gasteiger partial charge in [0, 0.05) is 12.1 Å². The number of aliphatic hydroxyl groups excluding tert-OH is 1. The molecule has 1 N–H and O–H groups in total. The van der Waals surface area contributed by atoms with Gasteiger partial charge in [-0.3, -0.25) is 4.68 Å². The third kappa shape index (κ3) is 3.64. The van der Waals surface area contributed by atoms with Gasteiger partial charge in [-0.05, 0) is 31.9 Å². The van der Waals surface area contributed by atoms with Crippen molar-refractivity contribution < 1.29 is 9.84 Å². The van der Waals surface area contributed by atoms with Crippen LogP contribution in [-0.2, 0) is 19.6 Å². The first-order valence-electron chi connectivity index (χ1n) is 7.64. The summed E-state index contributed by atoms with van der Waals surface area (Å²) in [6.07, 6.45) is 1.11. The fourth-order valence-corrected chi connectivity index (χ4v) is 2.34. The molecule has 0 fully saturated rings. The molecule has 114 valence electrons. The number of rotatable bonds is 7. The Hall–Kier alpha value is -1.81. The molecule has 1 atom stereocenters. The summed E-state index contributed by atoms with van der Waals surface area (Å²) in [5, 5.41) is 14.6. The van der Waals surface area contributed by atoms with Crippen LogP contribution < -0.4 is 4.74 Å². The molecule has 0 aliphatic rings. The topological polar surface area (TPSA) is 47.3 Å². The van der Waals surface area contributed by atoms with E-state index in [-0.39, 0.29) is 0 Å². The Morgan fingerprint density at radius 3 is 2.67 bits per heavy atom. The van der Waals surface area contributed by atoms with Crippen molar-refractivity contribution >= 4 is 0 Å². The highest BCUT2D eigenvalue weighted by Crippen LogP contribution is 2.27. The van der Waals surface area contributed by atoms with Crippen LogP contribution in [-0.4, -0.2) is 14.9 Å². The second-order valence-electron chi connectivity index (χ2n) is 5.05. The summed E-state index contributed by atoms with van der Waals surface area (Å²) >= 11 is 0. The van der Waals surface area contributed by atoms with Crippen molar-refractivity contribution in [3.8, 4) is 5.75 Å². The Labute approximate surface area is 126 Å². The van der Waals surface area contributed by atoms with Crippen LogP contribution in [0.2, 0.25) is 0 Å². The molecule has 1 aromatic carbocycles. The summed E-state index contributed by atoms with van der Waals surface area (Å²) in [6, 6.07) is 9.75. The zero-order valence-electron chi connectivity index (χ0n) is 13.0. The Bertz CT molecular complexity index is 578. The fourth-order valence-electron chi connectivity index (χ4n) is 2.34. The van der Waals surface area contributed by atoms with E-state index in [0.29, 0.717) is 13.0 Å². The zero-order valence-corrected chi connectivity index (χ0v) is 13.0. The number of benzene rings is 1. The molecule has 0 saturated heterocycles. The van der Waals surface area contributed by atoms with Crippen LogP contribution in [0.1, 0.15) is 50.2 Å². The minimum atomic E-state index is -0.483. The summed E-state index contributed by atoms with van der Waals surface area (Å²) in [5.74, 6) is 0.744. The first-order valence-corrected chi connectivity index (χ1v) is 7.64. The van der Waals surface area contributed by atoms with Crippen molar-refractivity contribution in [3.05, 3.63) is 47.3 Å². The standard InChI is InChI=1S/C17H24N2O2/c1-4-13-11-14(19(6-3)18-13)12-21-17-10-8-7-9-15(17)16(20)5-2/h7-11,16,20H,4-6,12H2,1-3H3/t16-/m0/s1. The average Bonchev–Trinajstić information content (AvgIpc) is 2.94. The predicted octanol–water partition coefficient (Wildman–Crippen LogP) is 3.49. The largest absolute Gasteiger partial charge is 0.487 e. The third-order valence-electron chi connectivity index (χ3n) is 3.62. The van der Waals surface area contributed by atoms with E-state index in [1.807, 2.05) is 35.9 Å². The molecule has 2 aromatic rings. The lowest BCUT2D eigenvalue weighted by Crippen LogP contribution is -2.07. The number of para-hydroxylation sites is 1. The van der Waals surface area contributed by atoms with Crippen molar-refractivity contribution in [1.82, 2.24) is 9.78 Å². The van der Waals surface area contributed by atoms with Crippen molar-refractivity contribution in [2.24, 2.45) is 0 Å². The molecule has 0 saturated carbocycles. The van der Waals surface area contributed by atoms with Gasteiger partial charge in [-0.1, -0.05) is 32.0 Å². The van der Waals surface area contributed by atoms with E-state index >= 15 is 0 Å². The van der Waals surface area contributed by atoms with Gasteiger partial charge < -0.3 is 9.84 Å². The van der Waals surface area contributed by atoms with E-state index < -0.39 is 6.10 Å². The lowest BCUT2D eigenvalue weighted by Gasteiger charge is -2.15. The fraction of sp³-hybridized carbons (Fsp3) is 0.471. The van der Waals surface area contributed by atoms with Gasteiger partial charge in [0.15, 0.2) is 0 Å².